The van der Waals surface area contributed by atoms with Crippen LogP contribution in [-0.2, 0) is 0 Å². The van der Waals surface area contributed by atoms with Crippen LogP contribution in [0.1, 0.15) is 20.8 Å². The molecule has 0 radical (unpaired) electrons. The van der Waals surface area contributed by atoms with E-state index >= 15 is 0 Å². The molecule has 4 rings (SSSR count). The molecule has 4 aromatic rings. The largest absolute Gasteiger partial charge is 0.298 e. The molecule has 0 saturated heterocycles. The Bertz CT molecular complexity index is 1350. The number of H-pyrrole nitrogens is 1. The van der Waals surface area contributed by atoms with Crippen LogP contribution < -0.4 is 16.4 Å². The zero-order chi connectivity index (χ0) is 21.3. The minimum Gasteiger partial charge on any atom is -0.298 e. The van der Waals surface area contributed by atoms with Gasteiger partial charge in [0.05, 0.1) is 11.4 Å². The van der Waals surface area contributed by atoms with Gasteiger partial charge in [0.25, 0.3) is 17.0 Å². The quantitative estimate of drug-likeness (QED) is 0.530. The van der Waals surface area contributed by atoms with Gasteiger partial charge in [-0.25, -0.2) is 9.67 Å². The van der Waals surface area contributed by atoms with Gasteiger partial charge >= 0.3 is 0 Å². The molecule has 0 aliphatic rings. The Hall–Kier alpha value is -3.78. The summed E-state index contributed by atoms with van der Waals surface area (Å²) < 4.78 is 1.10. The molecule has 1 amide bonds. The van der Waals surface area contributed by atoms with E-state index in [2.05, 4.69) is 15.4 Å². The number of rotatable bonds is 4. The summed E-state index contributed by atoms with van der Waals surface area (Å²) >= 11 is 1.40. The number of aromatic amines is 1. The maximum atomic E-state index is 12.7. The molecule has 150 valence electrons. The van der Waals surface area contributed by atoms with Crippen LogP contribution in [-0.4, -0.2) is 20.7 Å². The normalized spacial score (nSPS) is 10.7. The number of anilines is 1. The third-order valence-corrected chi connectivity index (χ3v) is 5.41. The Balaban J connectivity index is 1.60. The first kappa shape index (κ1) is 19.5. The average molecular weight is 418 g/mol. The van der Waals surface area contributed by atoms with Gasteiger partial charge in [0.1, 0.15) is 0 Å². The molecule has 0 atom stereocenters. The van der Waals surface area contributed by atoms with E-state index in [9.17, 15) is 14.4 Å². The van der Waals surface area contributed by atoms with Crippen molar-refractivity contribution in [3.05, 3.63) is 97.4 Å². The first-order valence-corrected chi connectivity index (χ1v) is 10.0. The van der Waals surface area contributed by atoms with Crippen molar-refractivity contribution in [3.63, 3.8) is 0 Å². The zero-order valence-electron chi connectivity index (χ0n) is 16.3. The molecule has 0 fully saturated rings. The molecule has 2 aromatic carbocycles. The summed E-state index contributed by atoms with van der Waals surface area (Å²) in [4.78, 5) is 41.9. The Morgan fingerprint density at radius 1 is 1.03 bits per heavy atom. The van der Waals surface area contributed by atoms with Crippen molar-refractivity contribution < 1.29 is 4.79 Å². The third kappa shape index (κ3) is 3.99. The van der Waals surface area contributed by atoms with Crippen molar-refractivity contribution in [2.75, 3.05) is 5.32 Å². The molecule has 30 heavy (non-hydrogen) atoms. The van der Waals surface area contributed by atoms with Gasteiger partial charge in [-0.05, 0) is 32.0 Å². The molecular formula is C22H18N4O3S. The number of amides is 1. The second-order valence-electron chi connectivity index (χ2n) is 6.78. The van der Waals surface area contributed by atoms with Crippen molar-refractivity contribution in [2.24, 2.45) is 0 Å². The molecule has 0 unspecified atom stereocenters. The molecule has 0 aliphatic heterocycles. The summed E-state index contributed by atoms with van der Waals surface area (Å²) in [6, 6.07) is 16.8. The fourth-order valence-electron chi connectivity index (χ4n) is 3.00. The van der Waals surface area contributed by atoms with Crippen LogP contribution in [0.2, 0.25) is 0 Å². The highest BCUT2D eigenvalue weighted by molar-refractivity contribution is 7.16. The second kappa shape index (κ2) is 7.92. The van der Waals surface area contributed by atoms with Crippen LogP contribution in [0.4, 0.5) is 5.13 Å². The van der Waals surface area contributed by atoms with Gasteiger partial charge in [-0.1, -0.05) is 35.9 Å². The molecule has 2 aromatic heterocycles. The standard InChI is InChI=1S/C22H18N4O3S/c1-13-6-8-15(9-7-13)20-14(2)30-22(23-20)24-21(29)16-4-3-5-17(12-16)26-19(28)11-10-18(27)25-26/h3-12H,1-2H3,(H,25,27)(H,23,24,29). The van der Waals surface area contributed by atoms with E-state index in [4.69, 9.17) is 0 Å². The summed E-state index contributed by atoms with van der Waals surface area (Å²) in [7, 11) is 0. The number of carbonyl (C=O) groups excluding carboxylic acids is 1. The van der Waals surface area contributed by atoms with Crippen LogP contribution >= 0.6 is 11.3 Å². The third-order valence-electron chi connectivity index (χ3n) is 4.53. The van der Waals surface area contributed by atoms with Gasteiger partial charge in [0.2, 0.25) is 0 Å². The summed E-state index contributed by atoms with van der Waals surface area (Å²) in [6.07, 6.45) is 0. The zero-order valence-corrected chi connectivity index (χ0v) is 17.1. The highest BCUT2D eigenvalue weighted by Gasteiger charge is 2.14. The van der Waals surface area contributed by atoms with E-state index in [0.29, 0.717) is 16.4 Å². The van der Waals surface area contributed by atoms with Crippen LogP contribution in [0.5, 0.6) is 0 Å². The molecule has 2 heterocycles. The van der Waals surface area contributed by atoms with Crippen LogP contribution in [0, 0.1) is 13.8 Å². The number of nitrogens with one attached hydrogen (secondary N) is 2. The van der Waals surface area contributed by atoms with Crippen molar-refractivity contribution in [1.29, 1.82) is 0 Å². The van der Waals surface area contributed by atoms with Crippen molar-refractivity contribution in [3.8, 4) is 16.9 Å². The number of thiazole rings is 1. The molecule has 8 heteroatoms. The molecule has 0 aliphatic carbocycles. The van der Waals surface area contributed by atoms with Gasteiger partial charge < -0.3 is 0 Å². The first-order valence-electron chi connectivity index (χ1n) is 9.19. The van der Waals surface area contributed by atoms with E-state index in [1.54, 1.807) is 18.2 Å². The highest BCUT2D eigenvalue weighted by Crippen LogP contribution is 2.30. The molecule has 0 bridgehead atoms. The lowest BCUT2D eigenvalue weighted by atomic mass is 10.1. The predicted molar refractivity (Wildman–Crippen MR) is 118 cm³/mol. The Morgan fingerprint density at radius 2 is 1.80 bits per heavy atom. The van der Waals surface area contributed by atoms with Crippen molar-refractivity contribution in [1.82, 2.24) is 14.8 Å². The molecule has 0 saturated carbocycles. The average Bonchev–Trinajstić information content (AvgIpc) is 3.10. The fraction of sp³-hybridized carbons (Fsp3) is 0.0909. The second-order valence-corrected chi connectivity index (χ2v) is 7.98. The lowest BCUT2D eigenvalue weighted by Crippen LogP contribution is -2.26. The van der Waals surface area contributed by atoms with Crippen molar-refractivity contribution >= 4 is 22.4 Å². The van der Waals surface area contributed by atoms with Gasteiger partial charge in [0.15, 0.2) is 5.13 Å². The minimum atomic E-state index is -0.411. The summed E-state index contributed by atoms with van der Waals surface area (Å²) in [5, 5.41) is 5.75. The molecule has 7 nitrogen and oxygen atoms in total. The number of aryl methyl sites for hydroxylation is 2. The number of aromatic nitrogens is 3. The molecule has 0 spiro atoms. The Kier molecular flexibility index (Phi) is 5.16. The van der Waals surface area contributed by atoms with Crippen LogP contribution in [0.25, 0.3) is 16.9 Å². The summed E-state index contributed by atoms with van der Waals surface area (Å²) in [5.74, 6) is -0.354. The SMILES string of the molecule is Cc1ccc(-c2nc(NC(=O)c3cccc(-n4[nH]c(=O)ccc4=O)c3)sc2C)cc1. The maximum absolute atomic E-state index is 12.7. The number of carbonyl (C=O) groups is 1. The highest BCUT2D eigenvalue weighted by atomic mass is 32.1. The topological polar surface area (TPSA) is 96.8 Å². The molecule has 2 N–H and O–H groups in total. The van der Waals surface area contributed by atoms with Gasteiger partial charge in [0, 0.05) is 28.1 Å². The van der Waals surface area contributed by atoms with Crippen LogP contribution in [0.3, 0.4) is 0 Å². The van der Waals surface area contributed by atoms with Gasteiger partial charge in [-0.2, -0.15) is 0 Å². The Labute approximate surface area is 175 Å². The van der Waals surface area contributed by atoms with Crippen molar-refractivity contribution in [2.45, 2.75) is 13.8 Å². The number of hydrogen-bond donors (Lipinski definition) is 2. The molecular weight excluding hydrogens is 400 g/mol. The smallest absolute Gasteiger partial charge is 0.269 e. The summed E-state index contributed by atoms with van der Waals surface area (Å²) in [5.41, 5.74) is 2.91. The first-order chi connectivity index (χ1) is 14.4. The predicted octanol–water partition coefficient (Wildman–Crippen LogP) is 3.52. The van der Waals surface area contributed by atoms with Crippen LogP contribution in [0.15, 0.2) is 70.3 Å². The fourth-order valence-corrected chi connectivity index (χ4v) is 3.83. The van der Waals surface area contributed by atoms with Gasteiger partial charge in [-0.15, -0.1) is 11.3 Å². The monoisotopic (exact) mass is 418 g/mol. The van der Waals surface area contributed by atoms with E-state index in [-0.39, 0.29) is 5.91 Å². The number of nitrogens with zero attached hydrogens (tertiary/aromatic N) is 2. The number of benzene rings is 2. The van der Waals surface area contributed by atoms with E-state index < -0.39 is 11.1 Å². The summed E-state index contributed by atoms with van der Waals surface area (Å²) in [6.45, 7) is 3.98. The van der Waals surface area contributed by atoms with E-state index in [1.165, 1.54) is 29.0 Å². The Morgan fingerprint density at radius 3 is 2.57 bits per heavy atom. The van der Waals surface area contributed by atoms with E-state index in [1.807, 2.05) is 38.1 Å². The van der Waals surface area contributed by atoms with E-state index in [0.717, 1.165) is 26.9 Å². The lowest BCUT2D eigenvalue weighted by Gasteiger charge is -2.07. The number of hydrogen-bond acceptors (Lipinski definition) is 5. The minimum absolute atomic E-state index is 0.342. The van der Waals surface area contributed by atoms with Gasteiger partial charge in [-0.3, -0.25) is 24.8 Å². The lowest BCUT2D eigenvalue weighted by molar-refractivity contribution is 0.102. The maximum Gasteiger partial charge on any atom is 0.269 e.